The molecule has 1 aliphatic rings. The van der Waals surface area contributed by atoms with Crippen LogP contribution < -0.4 is 11.1 Å². The minimum Gasteiger partial charge on any atom is -0.387 e. The molecule has 0 aromatic heterocycles. The molecule has 1 heterocycles. The molecule has 1 aromatic rings. The van der Waals surface area contributed by atoms with Crippen molar-refractivity contribution >= 4 is 5.91 Å². The summed E-state index contributed by atoms with van der Waals surface area (Å²) in [6.07, 6.45) is 1.65. The smallest absolute Gasteiger partial charge is 0.236 e. The van der Waals surface area contributed by atoms with Gasteiger partial charge in [0.15, 0.2) is 0 Å². The van der Waals surface area contributed by atoms with Crippen LogP contribution >= 0.6 is 0 Å². The predicted molar refractivity (Wildman–Crippen MR) is 87.2 cm³/mol. The maximum atomic E-state index is 11.5. The summed E-state index contributed by atoms with van der Waals surface area (Å²) in [7, 11) is 0. The Bertz CT molecular complexity index is 456. The van der Waals surface area contributed by atoms with Crippen LogP contribution in [0.25, 0.3) is 0 Å². The van der Waals surface area contributed by atoms with Crippen molar-refractivity contribution in [2.24, 2.45) is 11.7 Å². The highest BCUT2D eigenvalue weighted by molar-refractivity contribution is 5.80. The molecule has 1 aliphatic heterocycles. The molecule has 122 valence electrons. The first kappa shape index (κ1) is 16.9. The molecule has 1 fully saturated rings. The zero-order chi connectivity index (χ0) is 15.9. The molecule has 2 atom stereocenters. The third-order valence-electron chi connectivity index (χ3n) is 4.30. The molecular formula is C17H27N3O2. The lowest BCUT2D eigenvalue weighted by molar-refractivity contribution is -0.122. The van der Waals surface area contributed by atoms with E-state index in [4.69, 9.17) is 5.73 Å². The molecule has 0 radical (unpaired) electrons. The number of likely N-dealkylation sites (tertiary alicyclic amines) is 1. The molecule has 0 saturated carbocycles. The van der Waals surface area contributed by atoms with Gasteiger partial charge in [-0.2, -0.15) is 0 Å². The van der Waals surface area contributed by atoms with Crippen molar-refractivity contribution in [3.05, 3.63) is 35.9 Å². The summed E-state index contributed by atoms with van der Waals surface area (Å²) in [5.74, 6) is 0.426. The van der Waals surface area contributed by atoms with Gasteiger partial charge in [-0.1, -0.05) is 30.3 Å². The van der Waals surface area contributed by atoms with Crippen LogP contribution in [0.1, 0.15) is 31.4 Å². The third-order valence-corrected chi connectivity index (χ3v) is 4.30. The molecule has 4 N–H and O–H groups in total. The van der Waals surface area contributed by atoms with Crippen LogP contribution in [0.4, 0.5) is 0 Å². The van der Waals surface area contributed by atoms with E-state index in [1.807, 2.05) is 30.3 Å². The number of rotatable bonds is 6. The number of nitrogens with one attached hydrogen (secondary N) is 1. The summed E-state index contributed by atoms with van der Waals surface area (Å²) < 4.78 is 0. The van der Waals surface area contributed by atoms with Gasteiger partial charge in [-0.05, 0) is 44.3 Å². The standard InChI is InChI=1S/C17H27N3O2/c1-13(18)17(22)19-11-14-7-9-20(10-8-14)12-16(21)15-5-3-2-4-6-15/h2-6,13-14,16,21H,7-12,18H2,1H3,(H,19,22). The van der Waals surface area contributed by atoms with Gasteiger partial charge in [-0.3, -0.25) is 4.79 Å². The average Bonchev–Trinajstić information content (AvgIpc) is 2.54. The summed E-state index contributed by atoms with van der Waals surface area (Å²) in [6, 6.07) is 9.33. The SMILES string of the molecule is CC(N)C(=O)NCC1CCN(CC(O)c2ccccc2)CC1. The lowest BCUT2D eigenvalue weighted by Crippen LogP contribution is -2.43. The number of benzene rings is 1. The fraction of sp³-hybridized carbons (Fsp3) is 0.588. The van der Waals surface area contributed by atoms with Crippen molar-refractivity contribution in [3.8, 4) is 0 Å². The zero-order valence-corrected chi connectivity index (χ0v) is 13.2. The van der Waals surface area contributed by atoms with Gasteiger partial charge in [-0.25, -0.2) is 0 Å². The maximum Gasteiger partial charge on any atom is 0.236 e. The highest BCUT2D eigenvalue weighted by Gasteiger charge is 2.22. The topological polar surface area (TPSA) is 78.6 Å². The van der Waals surface area contributed by atoms with Crippen LogP contribution in [0, 0.1) is 5.92 Å². The van der Waals surface area contributed by atoms with E-state index >= 15 is 0 Å². The number of piperidine rings is 1. The Morgan fingerprint density at radius 3 is 2.59 bits per heavy atom. The Morgan fingerprint density at radius 1 is 1.36 bits per heavy atom. The van der Waals surface area contributed by atoms with Crippen molar-refractivity contribution in [1.29, 1.82) is 0 Å². The lowest BCUT2D eigenvalue weighted by Gasteiger charge is -2.33. The molecule has 1 saturated heterocycles. The van der Waals surface area contributed by atoms with Crippen LogP contribution in [0.2, 0.25) is 0 Å². The second-order valence-electron chi connectivity index (χ2n) is 6.20. The first-order valence-corrected chi connectivity index (χ1v) is 8.05. The minimum atomic E-state index is -0.443. The average molecular weight is 305 g/mol. The number of aliphatic hydroxyl groups excluding tert-OH is 1. The Kier molecular flexibility index (Phi) is 6.36. The van der Waals surface area contributed by atoms with E-state index in [2.05, 4.69) is 10.2 Å². The summed E-state index contributed by atoms with van der Waals surface area (Å²) in [4.78, 5) is 13.8. The molecule has 2 rings (SSSR count). The fourth-order valence-corrected chi connectivity index (χ4v) is 2.80. The second kappa shape index (κ2) is 8.27. The monoisotopic (exact) mass is 305 g/mol. The van der Waals surface area contributed by atoms with E-state index in [0.29, 0.717) is 19.0 Å². The highest BCUT2D eigenvalue weighted by atomic mass is 16.3. The molecule has 5 nitrogen and oxygen atoms in total. The number of carbonyl (C=O) groups excluding carboxylic acids is 1. The van der Waals surface area contributed by atoms with Crippen LogP contribution in [0.3, 0.4) is 0 Å². The predicted octanol–water partition coefficient (Wildman–Crippen LogP) is 0.895. The molecule has 0 spiro atoms. The van der Waals surface area contributed by atoms with Gasteiger partial charge in [0, 0.05) is 13.1 Å². The number of nitrogens with two attached hydrogens (primary N) is 1. The highest BCUT2D eigenvalue weighted by Crippen LogP contribution is 2.20. The van der Waals surface area contributed by atoms with Gasteiger partial charge < -0.3 is 21.1 Å². The van der Waals surface area contributed by atoms with Gasteiger partial charge >= 0.3 is 0 Å². The molecule has 5 heteroatoms. The Hall–Kier alpha value is -1.43. The summed E-state index contributed by atoms with van der Waals surface area (Å²) >= 11 is 0. The number of carbonyl (C=O) groups is 1. The number of hydrogen-bond donors (Lipinski definition) is 3. The summed E-state index contributed by atoms with van der Waals surface area (Å²) in [6.45, 7) is 4.99. The van der Waals surface area contributed by atoms with Crippen molar-refractivity contribution in [1.82, 2.24) is 10.2 Å². The van der Waals surface area contributed by atoms with Crippen molar-refractivity contribution in [2.75, 3.05) is 26.2 Å². The van der Waals surface area contributed by atoms with Gasteiger partial charge in [0.25, 0.3) is 0 Å². The Labute approximate surface area is 132 Å². The van der Waals surface area contributed by atoms with Crippen molar-refractivity contribution in [3.63, 3.8) is 0 Å². The van der Waals surface area contributed by atoms with Gasteiger partial charge in [0.05, 0.1) is 12.1 Å². The fourth-order valence-electron chi connectivity index (χ4n) is 2.80. The van der Waals surface area contributed by atoms with E-state index in [0.717, 1.165) is 31.5 Å². The van der Waals surface area contributed by atoms with E-state index in [9.17, 15) is 9.90 Å². The van der Waals surface area contributed by atoms with Crippen molar-refractivity contribution < 1.29 is 9.90 Å². The lowest BCUT2D eigenvalue weighted by atomic mass is 9.96. The molecule has 1 aromatic carbocycles. The minimum absolute atomic E-state index is 0.0815. The molecule has 22 heavy (non-hydrogen) atoms. The van der Waals surface area contributed by atoms with Crippen LogP contribution in [0.5, 0.6) is 0 Å². The van der Waals surface area contributed by atoms with E-state index < -0.39 is 12.1 Å². The number of aliphatic hydroxyl groups is 1. The van der Waals surface area contributed by atoms with Gasteiger partial charge in [0.1, 0.15) is 0 Å². The van der Waals surface area contributed by atoms with Crippen LogP contribution in [-0.2, 0) is 4.79 Å². The molecule has 1 amide bonds. The Morgan fingerprint density at radius 2 is 2.00 bits per heavy atom. The maximum absolute atomic E-state index is 11.5. The second-order valence-corrected chi connectivity index (χ2v) is 6.20. The largest absolute Gasteiger partial charge is 0.387 e. The van der Waals surface area contributed by atoms with E-state index in [-0.39, 0.29) is 5.91 Å². The summed E-state index contributed by atoms with van der Waals surface area (Å²) in [5.41, 5.74) is 6.50. The third kappa shape index (κ3) is 5.09. The first-order valence-electron chi connectivity index (χ1n) is 8.05. The van der Waals surface area contributed by atoms with Crippen LogP contribution in [-0.4, -0.2) is 48.1 Å². The zero-order valence-electron chi connectivity index (χ0n) is 13.2. The molecular weight excluding hydrogens is 278 g/mol. The molecule has 2 unspecified atom stereocenters. The van der Waals surface area contributed by atoms with Gasteiger partial charge in [0.2, 0.25) is 5.91 Å². The molecule has 0 bridgehead atoms. The van der Waals surface area contributed by atoms with Gasteiger partial charge in [-0.15, -0.1) is 0 Å². The molecule has 0 aliphatic carbocycles. The Balaban J connectivity index is 1.70. The number of amides is 1. The first-order chi connectivity index (χ1) is 10.6. The number of nitrogens with zero attached hydrogens (tertiary/aromatic N) is 1. The van der Waals surface area contributed by atoms with Crippen LogP contribution in [0.15, 0.2) is 30.3 Å². The van der Waals surface area contributed by atoms with E-state index in [1.165, 1.54) is 0 Å². The number of β-amino-alcohol motifs (C(OH)–C–C–N with tert-alkyl or cyclic N) is 1. The number of hydrogen-bond acceptors (Lipinski definition) is 4. The van der Waals surface area contributed by atoms with Crippen molar-refractivity contribution in [2.45, 2.75) is 31.9 Å². The van der Waals surface area contributed by atoms with E-state index in [1.54, 1.807) is 6.92 Å². The quantitative estimate of drug-likeness (QED) is 0.729. The normalized spacial score (nSPS) is 19.6. The summed E-state index contributed by atoms with van der Waals surface area (Å²) in [5, 5.41) is 13.2.